The number of carbonyl (C=O) groups is 2. The number of carboxylic acid groups (broad SMARTS) is 1. The molecule has 1 aromatic rings. The molecule has 19 heavy (non-hydrogen) atoms. The van der Waals surface area contributed by atoms with Crippen molar-refractivity contribution in [3.63, 3.8) is 0 Å². The molecule has 1 atom stereocenters. The largest absolute Gasteiger partial charge is 0.480 e. The highest BCUT2D eigenvalue weighted by atomic mass is 32.1. The Hall–Kier alpha value is -1.47. The number of aliphatic carboxylic acids is 1. The molecule has 3 N–H and O–H groups in total. The summed E-state index contributed by atoms with van der Waals surface area (Å²) in [5.41, 5.74) is -0.232. The van der Waals surface area contributed by atoms with E-state index in [0.29, 0.717) is 18.1 Å². The summed E-state index contributed by atoms with van der Waals surface area (Å²) in [7, 11) is 0. The van der Waals surface area contributed by atoms with E-state index in [1.807, 2.05) is 6.92 Å². The van der Waals surface area contributed by atoms with Crippen LogP contribution >= 0.6 is 11.3 Å². The number of amides is 1. The molecule has 0 aliphatic rings. The molecule has 0 radical (unpaired) electrons. The number of nitrogens with one attached hydrogen (secondary N) is 2. The van der Waals surface area contributed by atoms with Crippen LogP contribution < -0.4 is 10.6 Å². The first-order valence-electron chi connectivity index (χ1n) is 6.08. The normalized spacial score (nSPS) is 13.8. The molecule has 6 nitrogen and oxygen atoms in total. The Morgan fingerprint density at radius 3 is 2.74 bits per heavy atom. The molecule has 1 aromatic heterocycles. The highest BCUT2D eigenvalue weighted by molar-refractivity contribution is 7.13. The number of hydrogen-bond donors (Lipinski definition) is 3. The maximum absolute atomic E-state index is 11.2. The highest BCUT2D eigenvalue weighted by Gasteiger charge is 2.31. The van der Waals surface area contributed by atoms with E-state index >= 15 is 0 Å². The fourth-order valence-electron chi connectivity index (χ4n) is 1.65. The van der Waals surface area contributed by atoms with Gasteiger partial charge in [0, 0.05) is 18.8 Å². The SMILES string of the molecule is CCCC(C)(NCc1csc(NC(C)=O)n1)C(=O)O. The van der Waals surface area contributed by atoms with Crippen LogP contribution in [0.15, 0.2) is 5.38 Å². The maximum atomic E-state index is 11.2. The topological polar surface area (TPSA) is 91.3 Å². The van der Waals surface area contributed by atoms with Gasteiger partial charge in [-0.25, -0.2) is 4.98 Å². The molecule has 0 spiro atoms. The van der Waals surface area contributed by atoms with E-state index in [0.717, 1.165) is 12.1 Å². The van der Waals surface area contributed by atoms with Crippen LogP contribution in [0.5, 0.6) is 0 Å². The highest BCUT2D eigenvalue weighted by Crippen LogP contribution is 2.17. The smallest absolute Gasteiger partial charge is 0.323 e. The van der Waals surface area contributed by atoms with Gasteiger partial charge in [-0.15, -0.1) is 11.3 Å². The lowest BCUT2D eigenvalue weighted by Crippen LogP contribution is -2.48. The first kappa shape index (κ1) is 15.6. The zero-order chi connectivity index (χ0) is 14.5. The molecular formula is C12H19N3O3S. The number of thiazole rings is 1. The monoisotopic (exact) mass is 285 g/mol. The van der Waals surface area contributed by atoms with Crippen LogP contribution in [0.4, 0.5) is 5.13 Å². The summed E-state index contributed by atoms with van der Waals surface area (Å²) in [6.45, 7) is 5.39. The van der Waals surface area contributed by atoms with Crippen LogP contribution in [0.1, 0.15) is 39.3 Å². The summed E-state index contributed by atoms with van der Waals surface area (Å²) in [6, 6.07) is 0. The molecule has 0 saturated carbocycles. The molecular weight excluding hydrogens is 266 g/mol. The van der Waals surface area contributed by atoms with Gasteiger partial charge in [0.25, 0.3) is 0 Å². The second-order valence-corrected chi connectivity index (χ2v) is 5.42. The van der Waals surface area contributed by atoms with E-state index in [4.69, 9.17) is 0 Å². The van der Waals surface area contributed by atoms with E-state index in [9.17, 15) is 14.7 Å². The molecule has 0 aliphatic heterocycles. The molecule has 1 unspecified atom stereocenters. The lowest BCUT2D eigenvalue weighted by Gasteiger charge is -2.25. The first-order chi connectivity index (χ1) is 8.87. The quantitative estimate of drug-likeness (QED) is 0.711. The number of nitrogens with zero attached hydrogens (tertiary/aromatic N) is 1. The van der Waals surface area contributed by atoms with E-state index in [1.54, 1.807) is 12.3 Å². The standard InChI is InChI=1S/C12H19N3O3S/c1-4-5-12(3,10(17)18)13-6-9-7-19-11(15-9)14-8(2)16/h7,13H,4-6H2,1-3H3,(H,17,18)(H,14,15,16). The lowest BCUT2D eigenvalue weighted by atomic mass is 9.96. The van der Waals surface area contributed by atoms with Gasteiger partial charge in [-0.1, -0.05) is 13.3 Å². The third-order valence-electron chi connectivity index (χ3n) is 2.72. The lowest BCUT2D eigenvalue weighted by molar-refractivity contribution is -0.144. The molecule has 0 bridgehead atoms. The molecule has 1 rings (SSSR count). The van der Waals surface area contributed by atoms with Crippen LogP contribution in [0.2, 0.25) is 0 Å². The minimum atomic E-state index is -0.952. The zero-order valence-electron chi connectivity index (χ0n) is 11.3. The Morgan fingerprint density at radius 1 is 1.53 bits per heavy atom. The van der Waals surface area contributed by atoms with Gasteiger partial charge in [-0.2, -0.15) is 0 Å². The zero-order valence-corrected chi connectivity index (χ0v) is 12.1. The molecule has 106 valence electrons. The van der Waals surface area contributed by atoms with Crippen molar-refractivity contribution in [2.45, 2.75) is 45.7 Å². The Morgan fingerprint density at radius 2 is 2.21 bits per heavy atom. The van der Waals surface area contributed by atoms with Gasteiger partial charge in [-0.3, -0.25) is 14.9 Å². The Labute approximate surface area is 116 Å². The van der Waals surface area contributed by atoms with Crippen LogP contribution in [0.25, 0.3) is 0 Å². The number of carbonyl (C=O) groups excluding carboxylic acids is 1. The molecule has 0 saturated heterocycles. The van der Waals surface area contributed by atoms with Gasteiger partial charge in [0.2, 0.25) is 5.91 Å². The van der Waals surface area contributed by atoms with Crippen molar-refractivity contribution in [3.05, 3.63) is 11.1 Å². The van der Waals surface area contributed by atoms with Crippen molar-refractivity contribution in [2.75, 3.05) is 5.32 Å². The van der Waals surface area contributed by atoms with Crippen molar-refractivity contribution in [1.29, 1.82) is 0 Å². The van der Waals surface area contributed by atoms with Crippen molar-refractivity contribution in [3.8, 4) is 0 Å². The predicted molar refractivity (Wildman–Crippen MR) is 74.2 cm³/mol. The first-order valence-corrected chi connectivity index (χ1v) is 6.95. The van der Waals surface area contributed by atoms with Gasteiger partial charge in [0.15, 0.2) is 5.13 Å². The molecule has 0 fully saturated rings. The molecule has 7 heteroatoms. The number of aromatic nitrogens is 1. The van der Waals surface area contributed by atoms with Crippen LogP contribution in [-0.4, -0.2) is 27.5 Å². The third kappa shape index (κ3) is 4.60. The summed E-state index contributed by atoms with van der Waals surface area (Å²) in [5, 5.41) is 17.2. The van der Waals surface area contributed by atoms with Gasteiger partial charge >= 0.3 is 5.97 Å². The molecule has 1 amide bonds. The fourth-order valence-corrected chi connectivity index (χ4v) is 2.41. The summed E-state index contributed by atoms with van der Waals surface area (Å²) in [6.07, 6.45) is 1.33. The Bertz CT molecular complexity index is 461. The third-order valence-corrected chi connectivity index (χ3v) is 3.52. The number of hydrogen-bond acceptors (Lipinski definition) is 5. The molecule has 1 heterocycles. The van der Waals surface area contributed by atoms with E-state index in [2.05, 4.69) is 15.6 Å². The van der Waals surface area contributed by atoms with Crippen LogP contribution in [0, 0.1) is 0 Å². The fraction of sp³-hybridized carbons (Fsp3) is 0.583. The Balaban J connectivity index is 2.62. The summed E-state index contributed by atoms with van der Waals surface area (Å²) in [5.74, 6) is -1.04. The summed E-state index contributed by atoms with van der Waals surface area (Å²) < 4.78 is 0. The van der Waals surface area contributed by atoms with Crippen LogP contribution in [-0.2, 0) is 16.1 Å². The van der Waals surface area contributed by atoms with Crippen LogP contribution in [0.3, 0.4) is 0 Å². The second-order valence-electron chi connectivity index (χ2n) is 4.57. The van der Waals surface area contributed by atoms with Crippen molar-refractivity contribution < 1.29 is 14.7 Å². The van der Waals surface area contributed by atoms with E-state index in [-0.39, 0.29) is 5.91 Å². The number of carboxylic acids is 1. The summed E-state index contributed by atoms with van der Waals surface area (Å²) >= 11 is 1.32. The Kier molecular flexibility index (Phi) is 5.44. The van der Waals surface area contributed by atoms with E-state index in [1.165, 1.54) is 18.3 Å². The van der Waals surface area contributed by atoms with Gasteiger partial charge in [0.1, 0.15) is 5.54 Å². The predicted octanol–water partition coefficient (Wildman–Crippen LogP) is 1.83. The molecule has 0 aromatic carbocycles. The van der Waals surface area contributed by atoms with E-state index < -0.39 is 11.5 Å². The average molecular weight is 285 g/mol. The van der Waals surface area contributed by atoms with Gasteiger partial charge in [-0.05, 0) is 13.3 Å². The van der Waals surface area contributed by atoms with Gasteiger partial charge in [0.05, 0.1) is 5.69 Å². The van der Waals surface area contributed by atoms with Gasteiger partial charge < -0.3 is 10.4 Å². The van der Waals surface area contributed by atoms with Crippen molar-refractivity contribution >= 4 is 28.3 Å². The average Bonchev–Trinajstić information content (AvgIpc) is 2.73. The number of rotatable bonds is 7. The minimum Gasteiger partial charge on any atom is -0.480 e. The molecule has 0 aliphatic carbocycles. The summed E-state index contributed by atoms with van der Waals surface area (Å²) in [4.78, 5) is 26.3. The maximum Gasteiger partial charge on any atom is 0.323 e. The van der Waals surface area contributed by atoms with Crippen molar-refractivity contribution in [2.24, 2.45) is 0 Å². The minimum absolute atomic E-state index is 0.171. The number of anilines is 1. The van der Waals surface area contributed by atoms with Crippen molar-refractivity contribution in [1.82, 2.24) is 10.3 Å². The second kappa shape index (κ2) is 6.63.